The predicted molar refractivity (Wildman–Crippen MR) is 17.3 cm³/mol. The molecule has 1 saturated heterocycles. The van der Waals surface area contributed by atoms with Crippen LogP contribution in [0.25, 0.3) is 0 Å². The lowest BCUT2D eigenvalue weighted by Gasteiger charge is -1.81. The van der Waals surface area contributed by atoms with Gasteiger partial charge in [0.25, 0.3) is 0 Å². The monoisotopic (exact) mass is 73.0 g/mol. The highest BCUT2D eigenvalue weighted by Gasteiger charge is 1.97. The summed E-state index contributed by atoms with van der Waals surface area (Å²) in [7, 11) is 0.667. The van der Waals surface area contributed by atoms with E-state index < -0.39 is 0 Å². The highest BCUT2D eigenvalue weighted by molar-refractivity contribution is 6.27. The summed E-state index contributed by atoms with van der Waals surface area (Å²) in [4.78, 5) is 4.47. The van der Waals surface area contributed by atoms with E-state index in [1.54, 1.807) is 0 Å². The van der Waals surface area contributed by atoms with Crippen molar-refractivity contribution in [1.29, 1.82) is 0 Å². The number of nitrogens with one attached hydrogen (secondary N) is 1. The van der Waals surface area contributed by atoms with Gasteiger partial charge in [0.2, 0.25) is 0 Å². The van der Waals surface area contributed by atoms with Crippen LogP contribution >= 0.6 is 0 Å². The maximum absolute atomic E-state index is 4.47. The van der Waals surface area contributed by atoms with Crippen molar-refractivity contribution >= 4 is 7.48 Å². The average Bonchev–Trinajstić information content (AvgIpc) is 1.76. The molecule has 0 aromatic heterocycles. The molecule has 0 amide bonds. The van der Waals surface area contributed by atoms with Crippen molar-refractivity contribution in [3.63, 3.8) is 0 Å². The van der Waals surface area contributed by atoms with Crippen molar-refractivity contribution in [3.8, 4) is 0 Å². The molecule has 1 aliphatic rings. The van der Waals surface area contributed by atoms with Crippen LogP contribution in [0.3, 0.4) is 0 Å². The molecule has 1 aliphatic heterocycles. The standard InChI is InChI=1S/CH4BNO2/c1-2-5-3-4-1/h2-3H,1H2. The molecule has 1 rings (SSSR count). The molecule has 0 aliphatic carbocycles. The van der Waals surface area contributed by atoms with E-state index in [1.807, 2.05) is 0 Å². The third-order valence-corrected chi connectivity index (χ3v) is 0.405. The van der Waals surface area contributed by atoms with Crippen LogP contribution in [0, 0.1) is 0 Å². The normalized spacial score (nSPS) is 22.4. The van der Waals surface area contributed by atoms with E-state index in [4.69, 9.17) is 0 Å². The minimum Gasteiger partial charge on any atom is -0.344 e. The van der Waals surface area contributed by atoms with Crippen LogP contribution in [0.15, 0.2) is 0 Å². The van der Waals surface area contributed by atoms with Gasteiger partial charge in [0.1, 0.15) is 0 Å². The summed E-state index contributed by atoms with van der Waals surface area (Å²) in [6.07, 6.45) is 0. The Morgan fingerprint density at radius 2 is 2.80 bits per heavy atom. The van der Waals surface area contributed by atoms with Gasteiger partial charge in [-0.15, -0.1) is 0 Å². The molecular weight excluding hydrogens is 68.8 g/mol. The summed E-state index contributed by atoms with van der Waals surface area (Å²) in [5, 5.41) is 0. The lowest BCUT2D eigenvalue weighted by molar-refractivity contribution is -0.0449. The second kappa shape index (κ2) is 1.40. The Balaban J connectivity index is 2.08. The van der Waals surface area contributed by atoms with E-state index in [9.17, 15) is 0 Å². The smallest absolute Gasteiger partial charge is 0.335 e. The van der Waals surface area contributed by atoms with Gasteiger partial charge in [-0.3, -0.25) is 4.84 Å². The molecule has 0 aromatic rings. The SMILES string of the molecule is B1CONO1. The molecule has 0 atom stereocenters. The summed E-state index contributed by atoms with van der Waals surface area (Å²) in [5.41, 5.74) is 2.22. The van der Waals surface area contributed by atoms with Crippen molar-refractivity contribution in [2.75, 3.05) is 6.51 Å². The zero-order valence-corrected chi connectivity index (χ0v) is 2.73. The Bertz CT molecular complexity index is 21.2. The van der Waals surface area contributed by atoms with Crippen molar-refractivity contribution in [2.45, 2.75) is 0 Å². The molecule has 1 N–H and O–H groups in total. The van der Waals surface area contributed by atoms with E-state index in [1.165, 1.54) is 0 Å². The fourth-order valence-corrected chi connectivity index (χ4v) is 0.208. The van der Waals surface area contributed by atoms with Crippen molar-refractivity contribution in [3.05, 3.63) is 0 Å². The fraction of sp³-hybridized carbons (Fsp3) is 1.00. The van der Waals surface area contributed by atoms with Gasteiger partial charge in [-0.05, 0) is 0 Å². The van der Waals surface area contributed by atoms with E-state index in [2.05, 4.69) is 15.2 Å². The zero-order chi connectivity index (χ0) is 3.54. The molecule has 1 heterocycles. The number of rotatable bonds is 0. The maximum Gasteiger partial charge on any atom is 0.335 e. The van der Waals surface area contributed by atoms with Crippen molar-refractivity contribution < 1.29 is 9.59 Å². The van der Waals surface area contributed by atoms with Gasteiger partial charge >= 0.3 is 7.48 Å². The molecule has 5 heavy (non-hydrogen) atoms. The quantitative estimate of drug-likeness (QED) is 0.364. The van der Waals surface area contributed by atoms with Gasteiger partial charge < -0.3 is 4.76 Å². The Labute approximate surface area is 30.4 Å². The molecule has 0 unspecified atom stereocenters. The number of hydrogen-bond acceptors (Lipinski definition) is 3. The zero-order valence-electron chi connectivity index (χ0n) is 2.73. The Morgan fingerprint density at radius 1 is 1.80 bits per heavy atom. The van der Waals surface area contributed by atoms with Gasteiger partial charge in [-0.25, -0.2) is 0 Å². The molecule has 28 valence electrons. The maximum atomic E-state index is 4.47. The first kappa shape index (κ1) is 3.15. The summed E-state index contributed by atoms with van der Waals surface area (Å²) in [6, 6.07) is 0. The molecule has 0 saturated carbocycles. The number of hydrogen-bond donors (Lipinski definition) is 1. The molecule has 0 radical (unpaired) electrons. The summed E-state index contributed by atoms with van der Waals surface area (Å²) in [6.45, 7) is 0.667. The predicted octanol–water partition coefficient (Wildman–Crippen LogP) is -1.24. The average molecular weight is 72.9 g/mol. The minimum atomic E-state index is 0.667. The highest BCUT2D eigenvalue weighted by Crippen LogP contribution is 1.73. The third-order valence-electron chi connectivity index (χ3n) is 0.405. The van der Waals surface area contributed by atoms with Gasteiger partial charge in [0.15, 0.2) is 0 Å². The lowest BCUT2D eigenvalue weighted by atomic mass is 10.1. The van der Waals surface area contributed by atoms with E-state index >= 15 is 0 Å². The van der Waals surface area contributed by atoms with Crippen LogP contribution in [0.5, 0.6) is 0 Å². The Kier molecular flexibility index (Phi) is 0.881. The van der Waals surface area contributed by atoms with Gasteiger partial charge in [0, 0.05) is 0 Å². The van der Waals surface area contributed by atoms with Crippen LogP contribution in [0.1, 0.15) is 0 Å². The largest absolute Gasteiger partial charge is 0.344 e. The second-order valence-electron chi connectivity index (χ2n) is 0.780. The minimum absolute atomic E-state index is 0.667. The second-order valence-corrected chi connectivity index (χ2v) is 0.780. The molecule has 3 nitrogen and oxygen atoms in total. The summed E-state index contributed by atoms with van der Waals surface area (Å²) < 4.78 is 4.47. The molecule has 0 spiro atoms. The first-order valence-corrected chi connectivity index (χ1v) is 1.49. The van der Waals surface area contributed by atoms with Crippen LogP contribution < -0.4 is 5.64 Å². The van der Waals surface area contributed by atoms with Crippen molar-refractivity contribution in [2.24, 2.45) is 0 Å². The molecule has 0 bridgehead atoms. The highest BCUT2D eigenvalue weighted by atomic mass is 16.9. The Morgan fingerprint density at radius 3 is 3.00 bits per heavy atom. The van der Waals surface area contributed by atoms with Crippen LogP contribution in [-0.4, -0.2) is 14.0 Å². The van der Waals surface area contributed by atoms with Gasteiger partial charge in [-0.1, -0.05) is 5.64 Å². The van der Waals surface area contributed by atoms with E-state index in [0.29, 0.717) is 14.0 Å². The summed E-state index contributed by atoms with van der Waals surface area (Å²) in [5.74, 6) is 0. The van der Waals surface area contributed by atoms with Crippen molar-refractivity contribution in [1.82, 2.24) is 5.64 Å². The first-order chi connectivity index (χ1) is 2.50. The molecule has 1 fully saturated rings. The van der Waals surface area contributed by atoms with E-state index in [-0.39, 0.29) is 0 Å². The summed E-state index contributed by atoms with van der Waals surface area (Å²) >= 11 is 0. The Hall–Kier alpha value is -0.0551. The van der Waals surface area contributed by atoms with Gasteiger partial charge in [0.05, 0.1) is 6.51 Å². The molecular formula is CH4BNO2. The van der Waals surface area contributed by atoms with Crippen LogP contribution in [0.2, 0.25) is 0 Å². The van der Waals surface area contributed by atoms with E-state index in [0.717, 1.165) is 0 Å². The lowest BCUT2D eigenvalue weighted by Crippen LogP contribution is -2.00. The van der Waals surface area contributed by atoms with Crippen LogP contribution in [0.4, 0.5) is 0 Å². The first-order valence-electron chi connectivity index (χ1n) is 1.49. The van der Waals surface area contributed by atoms with Gasteiger partial charge in [-0.2, -0.15) is 0 Å². The third kappa shape index (κ3) is 0.610. The topological polar surface area (TPSA) is 30.5 Å². The van der Waals surface area contributed by atoms with Crippen LogP contribution in [-0.2, 0) is 9.59 Å². The molecule has 4 heteroatoms. The molecule has 0 aromatic carbocycles. The fourth-order valence-electron chi connectivity index (χ4n) is 0.208.